The molecule has 3 aromatic rings. The number of sulfonamides is 1. The number of benzene rings is 3. The number of anilines is 1. The Morgan fingerprint density at radius 1 is 0.895 bits per heavy atom. The SMILES string of the molecule is CCCNC(=O)[C@H](CC)N(Cc1ccccc1Cl)C(=O)CN(c1ccccc1)S(=O)(=O)c1ccc(Cl)cc1. The number of carbonyl (C=O) groups is 2. The molecule has 7 nitrogen and oxygen atoms in total. The van der Waals surface area contributed by atoms with Gasteiger partial charge in [0.1, 0.15) is 12.6 Å². The summed E-state index contributed by atoms with van der Waals surface area (Å²) in [6.45, 7) is 3.73. The van der Waals surface area contributed by atoms with E-state index in [0.29, 0.717) is 34.3 Å². The van der Waals surface area contributed by atoms with Crippen molar-refractivity contribution >= 4 is 50.7 Å². The van der Waals surface area contributed by atoms with Crippen LogP contribution in [-0.4, -0.2) is 44.3 Å². The molecular formula is C28H31Cl2N3O4S. The van der Waals surface area contributed by atoms with Gasteiger partial charge in [-0.2, -0.15) is 0 Å². The van der Waals surface area contributed by atoms with E-state index in [0.717, 1.165) is 10.7 Å². The van der Waals surface area contributed by atoms with Gasteiger partial charge in [-0.3, -0.25) is 13.9 Å². The average Bonchev–Trinajstić information content (AvgIpc) is 2.92. The molecule has 2 amide bonds. The van der Waals surface area contributed by atoms with E-state index >= 15 is 0 Å². The molecule has 0 spiro atoms. The monoisotopic (exact) mass is 575 g/mol. The summed E-state index contributed by atoms with van der Waals surface area (Å²) < 4.78 is 28.5. The molecule has 3 aromatic carbocycles. The Bertz CT molecular complexity index is 1340. The van der Waals surface area contributed by atoms with Crippen LogP contribution in [0, 0.1) is 0 Å². The zero-order chi connectivity index (χ0) is 27.7. The molecule has 0 aliphatic rings. The molecule has 0 saturated carbocycles. The van der Waals surface area contributed by atoms with E-state index in [-0.39, 0.29) is 17.3 Å². The van der Waals surface area contributed by atoms with Crippen molar-refractivity contribution < 1.29 is 18.0 Å². The van der Waals surface area contributed by atoms with E-state index in [1.807, 2.05) is 13.8 Å². The Balaban J connectivity index is 2.03. The van der Waals surface area contributed by atoms with Crippen molar-refractivity contribution in [2.24, 2.45) is 0 Å². The summed E-state index contributed by atoms with van der Waals surface area (Å²) in [4.78, 5) is 28.4. The highest BCUT2D eigenvalue weighted by molar-refractivity contribution is 7.92. The number of rotatable bonds is 12. The third kappa shape index (κ3) is 7.28. The lowest BCUT2D eigenvalue weighted by molar-refractivity contribution is -0.140. The minimum absolute atomic E-state index is 0.0102. The van der Waals surface area contributed by atoms with Crippen molar-refractivity contribution in [3.05, 3.63) is 94.5 Å². The smallest absolute Gasteiger partial charge is 0.264 e. The quantitative estimate of drug-likeness (QED) is 0.308. The van der Waals surface area contributed by atoms with Crippen molar-refractivity contribution in [3.8, 4) is 0 Å². The first-order valence-corrected chi connectivity index (χ1v) is 14.5. The molecule has 0 aliphatic heterocycles. The molecule has 3 rings (SSSR count). The molecule has 0 saturated heterocycles. The number of nitrogens with zero attached hydrogens (tertiary/aromatic N) is 2. The summed E-state index contributed by atoms with van der Waals surface area (Å²) in [7, 11) is -4.15. The van der Waals surface area contributed by atoms with Gasteiger partial charge in [0, 0.05) is 23.1 Å². The maximum Gasteiger partial charge on any atom is 0.264 e. The fourth-order valence-corrected chi connectivity index (χ4v) is 5.69. The van der Waals surface area contributed by atoms with Gasteiger partial charge in [0.05, 0.1) is 10.6 Å². The molecule has 0 fully saturated rings. The highest BCUT2D eigenvalue weighted by atomic mass is 35.5. The van der Waals surface area contributed by atoms with E-state index in [1.54, 1.807) is 54.6 Å². The predicted molar refractivity (Wildman–Crippen MR) is 152 cm³/mol. The van der Waals surface area contributed by atoms with Crippen LogP contribution in [0.2, 0.25) is 10.0 Å². The molecular weight excluding hydrogens is 545 g/mol. The highest BCUT2D eigenvalue weighted by Crippen LogP contribution is 2.26. The molecule has 0 aromatic heterocycles. The fourth-order valence-electron chi connectivity index (χ4n) is 3.95. The van der Waals surface area contributed by atoms with Crippen LogP contribution in [0.3, 0.4) is 0 Å². The van der Waals surface area contributed by atoms with Gasteiger partial charge >= 0.3 is 0 Å². The number of halogens is 2. The number of para-hydroxylation sites is 1. The van der Waals surface area contributed by atoms with Gasteiger partial charge in [0.15, 0.2) is 0 Å². The largest absolute Gasteiger partial charge is 0.354 e. The van der Waals surface area contributed by atoms with Crippen LogP contribution in [0.15, 0.2) is 83.8 Å². The molecule has 0 heterocycles. The number of amides is 2. The van der Waals surface area contributed by atoms with Crippen molar-refractivity contribution in [1.82, 2.24) is 10.2 Å². The summed E-state index contributed by atoms with van der Waals surface area (Å²) in [5.41, 5.74) is 0.966. The first-order valence-electron chi connectivity index (χ1n) is 12.3. The molecule has 1 N–H and O–H groups in total. The third-order valence-corrected chi connectivity index (χ3v) is 8.37. The minimum atomic E-state index is -4.15. The lowest BCUT2D eigenvalue weighted by Gasteiger charge is -2.33. The number of nitrogens with one attached hydrogen (secondary N) is 1. The summed E-state index contributed by atoms with van der Waals surface area (Å²) in [6.07, 6.45) is 1.07. The van der Waals surface area contributed by atoms with Crippen molar-refractivity contribution in [2.45, 2.75) is 44.2 Å². The number of carbonyl (C=O) groups excluding carboxylic acids is 2. The van der Waals surface area contributed by atoms with Crippen LogP contribution in [0.25, 0.3) is 0 Å². The summed E-state index contributed by atoms with van der Waals surface area (Å²) >= 11 is 12.4. The maximum atomic E-state index is 13.9. The van der Waals surface area contributed by atoms with Gasteiger partial charge in [-0.15, -0.1) is 0 Å². The van der Waals surface area contributed by atoms with E-state index in [2.05, 4.69) is 5.32 Å². The highest BCUT2D eigenvalue weighted by Gasteiger charge is 2.33. The Labute approximate surface area is 234 Å². The second kappa shape index (κ2) is 13.6. The van der Waals surface area contributed by atoms with Crippen LogP contribution in [0.4, 0.5) is 5.69 Å². The Morgan fingerprint density at radius 3 is 2.13 bits per heavy atom. The van der Waals surface area contributed by atoms with E-state index in [4.69, 9.17) is 23.2 Å². The molecule has 38 heavy (non-hydrogen) atoms. The van der Waals surface area contributed by atoms with Crippen LogP contribution in [0.5, 0.6) is 0 Å². The van der Waals surface area contributed by atoms with Gasteiger partial charge in [-0.25, -0.2) is 8.42 Å². The lowest BCUT2D eigenvalue weighted by Crippen LogP contribution is -2.52. The van der Waals surface area contributed by atoms with E-state index < -0.39 is 28.5 Å². The zero-order valence-electron chi connectivity index (χ0n) is 21.3. The van der Waals surface area contributed by atoms with Crippen molar-refractivity contribution in [2.75, 3.05) is 17.4 Å². The summed E-state index contributed by atoms with van der Waals surface area (Å²) in [6, 6.07) is 20.4. The molecule has 0 aliphatic carbocycles. The van der Waals surface area contributed by atoms with Crippen LogP contribution >= 0.6 is 23.2 Å². The first kappa shape index (κ1) is 29.5. The average molecular weight is 577 g/mol. The van der Waals surface area contributed by atoms with E-state index in [9.17, 15) is 18.0 Å². The van der Waals surface area contributed by atoms with Gasteiger partial charge < -0.3 is 10.2 Å². The Hall–Kier alpha value is -3.07. The molecule has 202 valence electrons. The lowest BCUT2D eigenvalue weighted by atomic mass is 10.1. The fraction of sp³-hybridized carbons (Fsp3) is 0.286. The number of hydrogen-bond donors (Lipinski definition) is 1. The molecule has 0 bridgehead atoms. The standard InChI is InChI=1S/C28H31Cl2N3O4S/c1-3-18-31-28(35)26(4-2)32(19-21-10-8-9-13-25(21)30)27(34)20-33(23-11-6-5-7-12-23)38(36,37)24-16-14-22(29)15-17-24/h5-17,26H,3-4,18-20H2,1-2H3,(H,31,35)/t26-/m0/s1. The number of hydrogen-bond acceptors (Lipinski definition) is 4. The zero-order valence-corrected chi connectivity index (χ0v) is 23.6. The molecule has 10 heteroatoms. The van der Waals surface area contributed by atoms with Gasteiger partial charge in [-0.1, -0.05) is 73.4 Å². The predicted octanol–water partition coefficient (Wildman–Crippen LogP) is 5.52. The van der Waals surface area contributed by atoms with Gasteiger partial charge in [0.25, 0.3) is 10.0 Å². The minimum Gasteiger partial charge on any atom is -0.354 e. The van der Waals surface area contributed by atoms with Crippen molar-refractivity contribution in [1.29, 1.82) is 0 Å². The Kier molecular flexibility index (Phi) is 10.6. The third-order valence-electron chi connectivity index (χ3n) is 5.96. The van der Waals surface area contributed by atoms with Crippen molar-refractivity contribution in [3.63, 3.8) is 0 Å². The first-order chi connectivity index (χ1) is 18.2. The van der Waals surface area contributed by atoms with Gasteiger partial charge in [0.2, 0.25) is 11.8 Å². The van der Waals surface area contributed by atoms with Crippen LogP contribution < -0.4 is 9.62 Å². The molecule has 0 radical (unpaired) electrons. The summed E-state index contributed by atoms with van der Waals surface area (Å²) in [5, 5.41) is 3.69. The summed E-state index contributed by atoms with van der Waals surface area (Å²) in [5.74, 6) is -0.841. The maximum absolute atomic E-state index is 13.9. The van der Waals surface area contributed by atoms with E-state index in [1.165, 1.54) is 29.2 Å². The normalized spacial score (nSPS) is 12.0. The second-order valence-corrected chi connectivity index (χ2v) is 11.3. The topological polar surface area (TPSA) is 86.8 Å². The molecule has 0 unspecified atom stereocenters. The van der Waals surface area contributed by atoms with Gasteiger partial charge in [-0.05, 0) is 60.9 Å². The Morgan fingerprint density at radius 2 is 1.53 bits per heavy atom. The van der Waals surface area contributed by atoms with Crippen LogP contribution in [0.1, 0.15) is 32.3 Å². The van der Waals surface area contributed by atoms with Crippen LogP contribution in [-0.2, 0) is 26.2 Å². The molecule has 1 atom stereocenters. The second-order valence-electron chi connectivity index (χ2n) is 8.63.